The first-order valence-corrected chi connectivity index (χ1v) is 9.11. The van der Waals surface area contributed by atoms with Gasteiger partial charge in [-0.05, 0) is 64.9 Å². The lowest BCUT2D eigenvalue weighted by Crippen LogP contribution is -2.51. The van der Waals surface area contributed by atoms with Crippen molar-refractivity contribution < 1.29 is 14.4 Å². The highest BCUT2D eigenvalue weighted by Gasteiger charge is 2.65. The van der Waals surface area contributed by atoms with E-state index in [0.717, 1.165) is 30.6 Å². The summed E-state index contributed by atoms with van der Waals surface area (Å²) in [5, 5.41) is 4.74. The normalized spacial score (nSPS) is 23.8. The van der Waals surface area contributed by atoms with Crippen molar-refractivity contribution in [1.82, 2.24) is 10.2 Å². The smallest absolute Gasteiger partial charge is 0.323 e. The van der Waals surface area contributed by atoms with E-state index in [0.29, 0.717) is 9.35 Å². The van der Waals surface area contributed by atoms with Crippen LogP contribution < -0.4 is 5.32 Å². The van der Waals surface area contributed by atoms with Crippen molar-refractivity contribution in [3.63, 3.8) is 0 Å². The van der Waals surface area contributed by atoms with Gasteiger partial charge in [-0.3, -0.25) is 14.5 Å². The van der Waals surface area contributed by atoms with E-state index in [4.69, 9.17) is 0 Å². The number of imide groups is 1. The van der Waals surface area contributed by atoms with Crippen LogP contribution in [0.3, 0.4) is 0 Å². The Labute approximate surface area is 140 Å². The maximum absolute atomic E-state index is 12.9. The Kier molecular flexibility index (Phi) is 3.20. The lowest BCUT2D eigenvalue weighted by Gasteiger charge is -2.26. The van der Waals surface area contributed by atoms with Gasteiger partial charge in [0.25, 0.3) is 5.91 Å². The number of hydrogen-bond acceptors (Lipinski definition) is 4. The van der Waals surface area contributed by atoms with Gasteiger partial charge in [-0.1, -0.05) is 0 Å². The van der Waals surface area contributed by atoms with E-state index in [-0.39, 0.29) is 30.1 Å². The van der Waals surface area contributed by atoms with E-state index in [1.54, 1.807) is 6.07 Å². The molecule has 22 heavy (non-hydrogen) atoms. The zero-order chi connectivity index (χ0) is 15.5. The third-order valence-electron chi connectivity index (χ3n) is 4.77. The number of amides is 3. The monoisotopic (exact) mass is 382 g/mol. The molecule has 1 aromatic heterocycles. The molecule has 2 saturated carbocycles. The van der Waals surface area contributed by atoms with Gasteiger partial charge in [0.2, 0.25) is 0 Å². The van der Waals surface area contributed by atoms with Gasteiger partial charge in [-0.2, -0.15) is 0 Å². The summed E-state index contributed by atoms with van der Waals surface area (Å²) >= 11 is 4.64. The van der Waals surface area contributed by atoms with Gasteiger partial charge >= 0.3 is 6.03 Å². The molecule has 3 fully saturated rings. The van der Waals surface area contributed by atoms with Crippen LogP contribution >= 0.6 is 27.3 Å². The van der Waals surface area contributed by atoms with Crippen LogP contribution in [-0.2, 0) is 4.79 Å². The van der Waals surface area contributed by atoms with E-state index >= 15 is 0 Å². The zero-order valence-corrected chi connectivity index (χ0v) is 14.2. The second-order valence-electron chi connectivity index (χ2n) is 6.26. The number of thiophene rings is 1. The number of hydrogen-bond donors (Lipinski definition) is 1. The molecule has 0 unspecified atom stereocenters. The topological polar surface area (TPSA) is 66.5 Å². The number of carbonyl (C=O) groups excluding carboxylic acids is 3. The number of rotatable bonds is 5. The van der Waals surface area contributed by atoms with E-state index in [2.05, 4.69) is 21.2 Å². The molecule has 1 aliphatic heterocycles. The number of ketones is 1. The van der Waals surface area contributed by atoms with Crippen LogP contribution in [0, 0.1) is 11.8 Å². The second-order valence-corrected chi connectivity index (χ2v) is 8.03. The summed E-state index contributed by atoms with van der Waals surface area (Å²) in [5.41, 5.74) is -0.718. The Morgan fingerprint density at radius 3 is 2.45 bits per heavy atom. The van der Waals surface area contributed by atoms with Gasteiger partial charge < -0.3 is 5.32 Å². The standard InChI is InChI=1S/C15H15BrN2O3S/c16-10-5-6-22-12(10)11(19)7-18-13(20)15(8-1-2-8,9-3-4-9)17-14(18)21/h5-6,8-9H,1-4,7H2,(H,17,21). The van der Waals surface area contributed by atoms with Gasteiger partial charge in [-0.25, -0.2) is 4.79 Å². The number of Topliss-reactive ketones (excluding diaryl/α,β-unsaturated/α-hetero) is 1. The summed E-state index contributed by atoms with van der Waals surface area (Å²) in [5.74, 6) is 0.117. The van der Waals surface area contributed by atoms with Crippen LogP contribution in [0.4, 0.5) is 4.79 Å². The average molecular weight is 383 g/mol. The van der Waals surface area contributed by atoms with Gasteiger partial charge in [0.05, 0.1) is 11.4 Å². The van der Waals surface area contributed by atoms with Gasteiger partial charge in [0.15, 0.2) is 5.78 Å². The summed E-state index contributed by atoms with van der Waals surface area (Å²) in [6.45, 7) is -0.176. The SMILES string of the molecule is O=C(CN1C(=O)NC(C2CC2)(C2CC2)C1=O)c1sccc1Br. The quantitative estimate of drug-likeness (QED) is 0.628. The third kappa shape index (κ3) is 2.06. The van der Waals surface area contributed by atoms with Crippen LogP contribution in [0.2, 0.25) is 0 Å². The second kappa shape index (κ2) is 4.89. The van der Waals surface area contributed by atoms with E-state index in [9.17, 15) is 14.4 Å². The fourth-order valence-electron chi connectivity index (χ4n) is 3.43. The van der Waals surface area contributed by atoms with Crippen molar-refractivity contribution in [2.75, 3.05) is 6.54 Å². The average Bonchev–Trinajstić information content (AvgIpc) is 3.39. The largest absolute Gasteiger partial charge is 0.325 e. The number of nitrogens with one attached hydrogen (secondary N) is 1. The molecule has 3 aliphatic rings. The molecule has 1 N–H and O–H groups in total. The minimum Gasteiger partial charge on any atom is -0.323 e. The molecule has 5 nitrogen and oxygen atoms in total. The van der Waals surface area contributed by atoms with Crippen LogP contribution in [0.5, 0.6) is 0 Å². The van der Waals surface area contributed by atoms with Crippen molar-refractivity contribution in [3.05, 3.63) is 20.8 Å². The summed E-state index contributed by atoms with van der Waals surface area (Å²) < 4.78 is 0.713. The van der Waals surface area contributed by atoms with Crippen molar-refractivity contribution >= 4 is 45.0 Å². The first-order valence-electron chi connectivity index (χ1n) is 7.44. The molecule has 4 rings (SSSR count). The van der Waals surface area contributed by atoms with Crippen molar-refractivity contribution in [2.24, 2.45) is 11.8 Å². The number of urea groups is 1. The van der Waals surface area contributed by atoms with E-state index in [1.807, 2.05) is 5.38 Å². The molecule has 0 spiro atoms. The van der Waals surface area contributed by atoms with Crippen LogP contribution in [-0.4, -0.2) is 34.7 Å². The number of nitrogens with zero attached hydrogens (tertiary/aromatic N) is 1. The maximum Gasteiger partial charge on any atom is 0.325 e. The molecule has 0 atom stereocenters. The fourth-order valence-corrected chi connectivity index (χ4v) is 4.95. The molecule has 2 aliphatic carbocycles. The maximum atomic E-state index is 12.9. The Morgan fingerprint density at radius 2 is 1.95 bits per heavy atom. The van der Waals surface area contributed by atoms with Crippen molar-refractivity contribution in [1.29, 1.82) is 0 Å². The lowest BCUT2D eigenvalue weighted by molar-refractivity contribution is -0.132. The molecule has 0 bridgehead atoms. The molecule has 116 valence electrons. The third-order valence-corrected chi connectivity index (χ3v) is 6.65. The Bertz CT molecular complexity index is 666. The van der Waals surface area contributed by atoms with Gasteiger partial charge in [0, 0.05) is 4.47 Å². The van der Waals surface area contributed by atoms with Crippen LogP contribution in [0.1, 0.15) is 35.4 Å². The molecule has 0 radical (unpaired) electrons. The summed E-state index contributed by atoms with van der Waals surface area (Å²) in [6, 6.07) is 1.38. The molecule has 1 saturated heterocycles. The van der Waals surface area contributed by atoms with Crippen LogP contribution in [0.25, 0.3) is 0 Å². The lowest BCUT2D eigenvalue weighted by atomic mass is 9.87. The molecule has 2 heterocycles. The van der Waals surface area contributed by atoms with Crippen molar-refractivity contribution in [2.45, 2.75) is 31.2 Å². The Hall–Kier alpha value is -1.21. The van der Waals surface area contributed by atoms with E-state index in [1.165, 1.54) is 11.3 Å². The summed E-state index contributed by atoms with van der Waals surface area (Å²) in [4.78, 5) is 39.2. The first-order chi connectivity index (χ1) is 10.5. The minimum absolute atomic E-state index is 0.176. The fraction of sp³-hybridized carbons (Fsp3) is 0.533. The highest BCUT2D eigenvalue weighted by atomic mass is 79.9. The molecule has 0 aromatic carbocycles. The number of halogens is 1. The molecule has 3 amide bonds. The van der Waals surface area contributed by atoms with Gasteiger partial charge in [0.1, 0.15) is 5.54 Å². The predicted octanol–water partition coefficient (Wildman–Crippen LogP) is 2.80. The van der Waals surface area contributed by atoms with Crippen molar-refractivity contribution in [3.8, 4) is 0 Å². The first kappa shape index (κ1) is 14.4. The van der Waals surface area contributed by atoms with E-state index < -0.39 is 11.6 Å². The molecular formula is C15H15BrN2O3S. The summed E-state index contributed by atoms with van der Waals surface area (Å²) in [7, 11) is 0. The highest BCUT2D eigenvalue weighted by molar-refractivity contribution is 9.10. The van der Waals surface area contributed by atoms with Crippen LogP contribution in [0.15, 0.2) is 15.9 Å². The molecular weight excluding hydrogens is 368 g/mol. The number of carbonyl (C=O) groups is 3. The Morgan fingerprint density at radius 1 is 1.32 bits per heavy atom. The predicted molar refractivity (Wildman–Crippen MR) is 84.8 cm³/mol. The Balaban J connectivity index is 1.58. The molecule has 1 aromatic rings. The summed E-state index contributed by atoms with van der Waals surface area (Å²) in [6.07, 6.45) is 3.95. The van der Waals surface area contributed by atoms with Gasteiger partial charge in [-0.15, -0.1) is 11.3 Å². The zero-order valence-electron chi connectivity index (χ0n) is 11.8. The minimum atomic E-state index is -0.718. The molecule has 7 heteroatoms. The highest BCUT2D eigenvalue weighted by Crippen LogP contribution is 2.54.